The van der Waals surface area contributed by atoms with E-state index in [9.17, 15) is 4.79 Å². The molecule has 3 aliphatic rings. The average molecular weight is 491 g/mol. The molecule has 1 spiro atoms. The third kappa shape index (κ3) is 4.21. The highest BCUT2D eigenvalue weighted by Gasteiger charge is 2.50. The van der Waals surface area contributed by atoms with Crippen LogP contribution in [0, 0.1) is 5.41 Å². The van der Waals surface area contributed by atoms with Crippen LogP contribution in [0.15, 0.2) is 49.3 Å². The highest BCUT2D eigenvalue weighted by molar-refractivity contribution is 6.33. The Morgan fingerprint density at radius 1 is 1.26 bits per heavy atom. The Bertz CT molecular complexity index is 1270. The molecule has 4 heterocycles. The zero-order valence-electron chi connectivity index (χ0n) is 19.8. The monoisotopic (exact) mass is 490 g/mol. The molecule has 8 heteroatoms. The van der Waals surface area contributed by atoms with Crippen molar-refractivity contribution >= 4 is 34.4 Å². The molecule has 1 aliphatic carbocycles. The van der Waals surface area contributed by atoms with Crippen LogP contribution in [-0.4, -0.2) is 68.9 Å². The van der Waals surface area contributed by atoms with Crippen molar-refractivity contribution in [2.24, 2.45) is 5.41 Å². The van der Waals surface area contributed by atoms with Crippen LogP contribution in [0.25, 0.3) is 22.2 Å². The maximum atomic E-state index is 12.0. The molecule has 1 aromatic carbocycles. The number of hydrogen-bond donors (Lipinski definition) is 2. The Hall–Kier alpha value is -2.90. The number of amides is 1. The minimum Gasteiger partial charge on any atom is -0.360 e. The maximum absolute atomic E-state index is 12.0. The molecule has 0 unspecified atom stereocenters. The minimum atomic E-state index is 0.0669. The number of H-pyrrole nitrogens is 1. The summed E-state index contributed by atoms with van der Waals surface area (Å²) < 4.78 is 0. The number of para-hydroxylation sites is 1. The van der Waals surface area contributed by atoms with E-state index in [4.69, 9.17) is 16.6 Å². The number of carbonyl (C=O) groups is 1. The van der Waals surface area contributed by atoms with Gasteiger partial charge in [-0.15, -0.1) is 0 Å². The molecule has 2 atom stereocenters. The summed E-state index contributed by atoms with van der Waals surface area (Å²) in [7, 11) is 0. The van der Waals surface area contributed by atoms with E-state index in [0.717, 1.165) is 67.6 Å². The number of benzene rings is 1. The predicted octanol–water partition coefficient (Wildman–Crippen LogP) is 4.72. The van der Waals surface area contributed by atoms with Gasteiger partial charge in [-0.05, 0) is 44.2 Å². The average Bonchev–Trinajstić information content (AvgIpc) is 3.49. The number of aromatic nitrogens is 3. The first kappa shape index (κ1) is 22.6. The second-order valence-electron chi connectivity index (χ2n) is 10.4. The number of anilines is 1. The van der Waals surface area contributed by atoms with Gasteiger partial charge in [0.05, 0.1) is 16.9 Å². The standard InChI is InChI=1S/C27H31ClN6O/c1-2-24(35)33-11-10-27(15-33)16-34(17-27)19-7-5-6-18(12-19)31-26-30-14-22(28)25(32-26)21-13-29-23-9-4-3-8-20(21)23/h2-4,8-9,13-14,18-19,29H,1,5-7,10-12,15-17H2,(H,30,31,32)/t18-,19-/m1/s1. The van der Waals surface area contributed by atoms with Gasteiger partial charge >= 0.3 is 0 Å². The van der Waals surface area contributed by atoms with E-state index in [0.29, 0.717) is 23.1 Å². The zero-order valence-corrected chi connectivity index (χ0v) is 20.6. The molecular weight excluding hydrogens is 460 g/mol. The van der Waals surface area contributed by atoms with Gasteiger partial charge in [-0.25, -0.2) is 9.97 Å². The maximum Gasteiger partial charge on any atom is 0.245 e. The van der Waals surface area contributed by atoms with E-state index in [2.05, 4.69) is 38.9 Å². The summed E-state index contributed by atoms with van der Waals surface area (Å²) in [5.41, 5.74) is 3.09. The van der Waals surface area contributed by atoms with E-state index in [1.165, 1.54) is 18.9 Å². The molecule has 6 rings (SSSR count). The summed E-state index contributed by atoms with van der Waals surface area (Å²) in [4.78, 5) is 29.2. The van der Waals surface area contributed by atoms with Gasteiger partial charge in [0.2, 0.25) is 11.9 Å². The van der Waals surface area contributed by atoms with Crippen molar-refractivity contribution in [3.63, 3.8) is 0 Å². The second-order valence-corrected chi connectivity index (χ2v) is 10.8. The number of fused-ring (bicyclic) bond motifs is 1. The third-order valence-corrected chi connectivity index (χ3v) is 8.36. The van der Waals surface area contributed by atoms with Crippen LogP contribution in [0.4, 0.5) is 5.95 Å². The molecular formula is C27H31ClN6O. The Morgan fingerprint density at radius 2 is 2.11 bits per heavy atom. The zero-order chi connectivity index (χ0) is 24.0. The van der Waals surface area contributed by atoms with Crippen molar-refractivity contribution < 1.29 is 4.79 Å². The molecule has 1 amide bonds. The quantitative estimate of drug-likeness (QED) is 0.506. The van der Waals surface area contributed by atoms with Crippen LogP contribution in [-0.2, 0) is 4.79 Å². The molecule has 2 N–H and O–H groups in total. The van der Waals surface area contributed by atoms with E-state index < -0.39 is 0 Å². The molecule has 182 valence electrons. The van der Waals surface area contributed by atoms with Gasteiger partial charge in [0, 0.05) is 66.3 Å². The van der Waals surface area contributed by atoms with Crippen molar-refractivity contribution in [3.8, 4) is 11.3 Å². The normalized spacial score (nSPS) is 24.0. The lowest BCUT2D eigenvalue weighted by Gasteiger charge is -2.53. The summed E-state index contributed by atoms with van der Waals surface area (Å²) in [5, 5.41) is 5.25. The Kier molecular flexibility index (Phi) is 5.77. The molecule has 0 radical (unpaired) electrons. The lowest BCUT2D eigenvalue weighted by molar-refractivity contribution is -0.126. The molecule has 2 aliphatic heterocycles. The Morgan fingerprint density at radius 3 is 2.97 bits per heavy atom. The van der Waals surface area contributed by atoms with E-state index in [-0.39, 0.29) is 11.3 Å². The SMILES string of the molecule is C=CC(=O)N1CCC2(C1)CN([C@@H]1CCC[C@@H](Nc3ncc(Cl)c(-c4c[nH]c5ccccc45)n3)C1)C2. The number of halogens is 1. The minimum absolute atomic E-state index is 0.0669. The summed E-state index contributed by atoms with van der Waals surface area (Å²) in [6.07, 6.45) is 10.8. The first-order valence-electron chi connectivity index (χ1n) is 12.5. The molecule has 2 aromatic heterocycles. The van der Waals surface area contributed by atoms with Crippen molar-refractivity contribution in [2.45, 2.75) is 44.2 Å². The van der Waals surface area contributed by atoms with E-state index >= 15 is 0 Å². The van der Waals surface area contributed by atoms with Gasteiger partial charge in [0.25, 0.3) is 0 Å². The molecule has 0 bridgehead atoms. The number of rotatable bonds is 5. The van der Waals surface area contributed by atoms with Crippen molar-refractivity contribution in [1.29, 1.82) is 0 Å². The summed E-state index contributed by atoms with van der Waals surface area (Å²) in [6, 6.07) is 9.07. The predicted molar refractivity (Wildman–Crippen MR) is 139 cm³/mol. The molecule has 35 heavy (non-hydrogen) atoms. The fraction of sp³-hybridized carbons (Fsp3) is 0.444. The van der Waals surface area contributed by atoms with Crippen LogP contribution in [0.5, 0.6) is 0 Å². The Balaban J connectivity index is 1.11. The van der Waals surface area contributed by atoms with Crippen LogP contribution in [0.1, 0.15) is 32.1 Å². The van der Waals surface area contributed by atoms with E-state index in [1.807, 2.05) is 23.2 Å². The van der Waals surface area contributed by atoms with Crippen molar-refractivity contribution in [2.75, 3.05) is 31.5 Å². The molecule has 7 nitrogen and oxygen atoms in total. The Labute approximate surface area is 210 Å². The van der Waals surface area contributed by atoms with E-state index in [1.54, 1.807) is 6.20 Å². The number of carbonyl (C=O) groups excluding carboxylic acids is 1. The lowest BCUT2D eigenvalue weighted by Crippen LogP contribution is -2.62. The van der Waals surface area contributed by atoms with Gasteiger partial charge in [-0.3, -0.25) is 9.69 Å². The number of nitrogens with one attached hydrogen (secondary N) is 2. The molecule has 1 saturated carbocycles. The fourth-order valence-corrected chi connectivity index (χ4v) is 6.48. The summed E-state index contributed by atoms with van der Waals surface area (Å²) >= 11 is 6.52. The second kappa shape index (κ2) is 8.95. The smallest absolute Gasteiger partial charge is 0.245 e. The van der Waals surface area contributed by atoms with Crippen LogP contribution in [0.2, 0.25) is 5.02 Å². The first-order valence-corrected chi connectivity index (χ1v) is 12.9. The highest BCUT2D eigenvalue weighted by atomic mass is 35.5. The van der Waals surface area contributed by atoms with Gasteiger partial charge in [0.1, 0.15) is 0 Å². The molecule has 2 saturated heterocycles. The highest BCUT2D eigenvalue weighted by Crippen LogP contribution is 2.43. The van der Waals surface area contributed by atoms with Crippen molar-refractivity contribution in [3.05, 3.63) is 54.3 Å². The van der Waals surface area contributed by atoms with Gasteiger partial charge < -0.3 is 15.2 Å². The van der Waals surface area contributed by atoms with Crippen LogP contribution < -0.4 is 5.32 Å². The van der Waals surface area contributed by atoms with Crippen LogP contribution >= 0.6 is 11.6 Å². The summed E-state index contributed by atoms with van der Waals surface area (Å²) in [5.74, 6) is 0.701. The lowest BCUT2D eigenvalue weighted by atomic mass is 9.76. The van der Waals surface area contributed by atoms with Gasteiger partial charge in [-0.2, -0.15) is 0 Å². The number of aromatic amines is 1. The molecule has 3 aromatic rings. The summed E-state index contributed by atoms with van der Waals surface area (Å²) in [6.45, 7) is 7.55. The molecule has 3 fully saturated rings. The number of nitrogens with zero attached hydrogens (tertiary/aromatic N) is 4. The first-order chi connectivity index (χ1) is 17.0. The topological polar surface area (TPSA) is 77.2 Å². The third-order valence-electron chi connectivity index (χ3n) is 8.09. The van der Waals surface area contributed by atoms with Gasteiger partial charge in [-0.1, -0.05) is 36.4 Å². The number of likely N-dealkylation sites (tertiary alicyclic amines) is 2. The van der Waals surface area contributed by atoms with Crippen molar-refractivity contribution in [1.82, 2.24) is 24.8 Å². The fourth-order valence-electron chi connectivity index (χ4n) is 6.29. The van der Waals surface area contributed by atoms with Crippen LogP contribution in [0.3, 0.4) is 0 Å². The largest absolute Gasteiger partial charge is 0.360 e. The number of hydrogen-bond acceptors (Lipinski definition) is 5. The van der Waals surface area contributed by atoms with Gasteiger partial charge in [0.15, 0.2) is 0 Å².